The highest BCUT2D eigenvalue weighted by atomic mass is 35.6. The Bertz CT molecular complexity index is 505. The van der Waals surface area contributed by atoms with E-state index in [4.69, 9.17) is 39.5 Å². The maximum atomic E-state index is 11.9. The van der Waals surface area contributed by atoms with E-state index >= 15 is 0 Å². The van der Waals surface area contributed by atoms with Crippen LogP contribution in [0.5, 0.6) is 0 Å². The quantitative estimate of drug-likeness (QED) is 0.464. The number of ketones is 1. The third-order valence-electron chi connectivity index (χ3n) is 3.02. The predicted molar refractivity (Wildman–Crippen MR) is 79.8 cm³/mol. The van der Waals surface area contributed by atoms with E-state index in [1.165, 1.54) is 19.4 Å². The molecule has 1 unspecified atom stereocenters. The second kappa shape index (κ2) is 6.83. The second-order valence-corrected chi connectivity index (χ2v) is 6.88. The molecule has 0 radical (unpaired) electrons. The Hall–Kier alpha value is -0.710. The normalized spacial score (nSPS) is 13.1. The summed E-state index contributed by atoms with van der Waals surface area (Å²) >= 11 is 16.7. The van der Waals surface area contributed by atoms with Crippen LogP contribution in [0.3, 0.4) is 0 Å². The first-order valence-electron chi connectivity index (χ1n) is 6.10. The Morgan fingerprint density at radius 1 is 1.40 bits per heavy atom. The van der Waals surface area contributed by atoms with Crippen LogP contribution in [-0.2, 0) is 11.3 Å². The second-order valence-electron chi connectivity index (χ2n) is 4.60. The number of Topliss-reactive ketones (excluding diaryl/α,β-unsaturated/α-hetero) is 1. The number of rotatable bonds is 5. The molecule has 1 aromatic heterocycles. The fourth-order valence-electron chi connectivity index (χ4n) is 1.69. The van der Waals surface area contributed by atoms with Crippen molar-refractivity contribution in [3.63, 3.8) is 0 Å². The Kier molecular flexibility index (Phi) is 5.92. The van der Waals surface area contributed by atoms with Gasteiger partial charge in [0.05, 0.1) is 7.11 Å². The Balaban J connectivity index is 3.18. The van der Waals surface area contributed by atoms with Crippen LogP contribution >= 0.6 is 34.8 Å². The molecule has 1 atom stereocenters. The van der Waals surface area contributed by atoms with Crippen LogP contribution in [0.15, 0.2) is 12.3 Å². The lowest BCUT2D eigenvalue weighted by molar-refractivity contribution is 0.0587. The van der Waals surface area contributed by atoms with Crippen molar-refractivity contribution in [2.45, 2.75) is 30.6 Å². The van der Waals surface area contributed by atoms with Crippen LogP contribution in [0.2, 0.25) is 0 Å². The van der Waals surface area contributed by atoms with Crippen LogP contribution in [-0.4, -0.2) is 27.2 Å². The van der Waals surface area contributed by atoms with Crippen LogP contribution in [0.1, 0.15) is 41.1 Å². The van der Waals surface area contributed by atoms with Gasteiger partial charge in [0.1, 0.15) is 5.69 Å². The van der Waals surface area contributed by atoms with Gasteiger partial charge in [-0.15, -0.1) is 0 Å². The van der Waals surface area contributed by atoms with Crippen molar-refractivity contribution >= 4 is 46.6 Å². The highest BCUT2D eigenvalue weighted by molar-refractivity contribution is 6.77. The van der Waals surface area contributed by atoms with E-state index < -0.39 is 15.5 Å². The highest BCUT2D eigenvalue weighted by Gasteiger charge is 2.33. The summed E-state index contributed by atoms with van der Waals surface area (Å²) in [5.41, 5.74) is 0.444. The smallest absolute Gasteiger partial charge is 0.354 e. The van der Waals surface area contributed by atoms with Gasteiger partial charge in [0.15, 0.2) is 0 Å². The first-order valence-corrected chi connectivity index (χ1v) is 7.24. The summed E-state index contributed by atoms with van der Waals surface area (Å²) in [5.74, 6) is -0.867. The SMILES string of the molecule is CCC(C)Cn1cc(C(=O)C(Cl)(Cl)Cl)cc1C(=O)OC. The molecule has 0 fully saturated rings. The average molecular weight is 341 g/mol. The van der Waals surface area contributed by atoms with Crippen molar-refractivity contribution in [2.24, 2.45) is 5.92 Å². The maximum Gasteiger partial charge on any atom is 0.354 e. The van der Waals surface area contributed by atoms with E-state index in [1.807, 2.05) is 13.8 Å². The molecule has 0 aliphatic carbocycles. The zero-order chi connectivity index (χ0) is 15.5. The number of nitrogens with zero attached hydrogens (tertiary/aromatic N) is 1. The van der Waals surface area contributed by atoms with E-state index in [2.05, 4.69) is 0 Å². The van der Waals surface area contributed by atoms with Gasteiger partial charge >= 0.3 is 5.97 Å². The summed E-state index contributed by atoms with van der Waals surface area (Å²) in [5, 5.41) is 0. The molecule has 0 saturated heterocycles. The lowest BCUT2D eigenvalue weighted by Gasteiger charge is -2.12. The largest absolute Gasteiger partial charge is 0.464 e. The molecule has 112 valence electrons. The molecule has 0 aliphatic rings. The van der Waals surface area contributed by atoms with Crippen LogP contribution in [0.25, 0.3) is 0 Å². The minimum atomic E-state index is -2.05. The van der Waals surface area contributed by atoms with E-state index in [-0.39, 0.29) is 11.3 Å². The molecular weight excluding hydrogens is 325 g/mol. The topological polar surface area (TPSA) is 48.3 Å². The third kappa shape index (κ3) is 4.14. The van der Waals surface area contributed by atoms with Crippen molar-refractivity contribution in [3.8, 4) is 0 Å². The molecule has 0 amide bonds. The van der Waals surface area contributed by atoms with Gasteiger partial charge in [-0.05, 0) is 12.0 Å². The number of alkyl halides is 3. The molecule has 20 heavy (non-hydrogen) atoms. The molecule has 1 rings (SSSR count). The number of hydrogen-bond donors (Lipinski definition) is 0. The minimum absolute atomic E-state index is 0.175. The van der Waals surface area contributed by atoms with Crippen molar-refractivity contribution < 1.29 is 14.3 Å². The zero-order valence-electron chi connectivity index (χ0n) is 11.5. The fraction of sp³-hybridized carbons (Fsp3) is 0.538. The lowest BCUT2D eigenvalue weighted by atomic mass is 10.1. The number of carbonyl (C=O) groups is 2. The van der Waals surface area contributed by atoms with Crippen molar-refractivity contribution in [1.29, 1.82) is 0 Å². The van der Waals surface area contributed by atoms with Gasteiger partial charge in [0.25, 0.3) is 3.79 Å². The third-order valence-corrected chi connectivity index (χ3v) is 3.53. The molecule has 1 heterocycles. The van der Waals surface area contributed by atoms with Gasteiger partial charge in [-0.3, -0.25) is 4.79 Å². The van der Waals surface area contributed by atoms with Crippen molar-refractivity contribution in [3.05, 3.63) is 23.5 Å². The molecule has 7 heteroatoms. The average Bonchev–Trinajstić information content (AvgIpc) is 2.79. The molecule has 1 aromatic rings. The van der Waals surface area contributed by atoms with Gasteiger partial charge in [0.2, 0.25) is 5.78 Å². The lowest BCUT2D eigenvalue weighted by Crippen LogP contribution is -2.18. The summed E-state index contributed by atoms with van der Waals surface area (Å²) in [6, 6.07) is 1.39. The van der Waals surface area contributed by atoms with Gasteiger partial charge in [-0.25, -0.2) is 4.79 Å². The van der Waals surface area contributed by atoms with E-state index in [1.54, 1.807) is 4.57 Å². The summed E-state index contributed by atoms with van der Waals surface area (Å²) < 4.78 is 4.31. The number of aromatic nitrogens is 1. The number of esters is 1. The predicted octanol–water partition coefficient (Wildman–Crippen LogP) is 3.87. The van der Waals surface area contributed by atoms with Crippen LogP contribution in [0, 0.1) is 5.92 Å². The molecular formula is C13H16Cl3NO3. The van der Waals surface area contributed by atoms with Gasteiger partial charge in [0, 0.05) is 18.3 Å². The number of methoxy groups -OCH3 is 1. The molecule has 0 spiro atoms. The van der Waals surface area contributed by atoms with Crippen molar-refractivity contribution in [2.75, 3.05) is 7.11 Å². The van der Waals surface area contributed by atoms with E-state index in [0.717, 1.165) is 6.42 Å². The minimum Gasteiger partial charge on any atom is -0.464 e. The number of ether oxygens (including phenoxy) is 1. The molecule has 0 saturated carbocycles. The number of carbonyl (C=O) groups excluding carboxylic acids is 2. The first-order chi connectivity index (χ1) is 9.20. The number of halogens is 3. The molecule has 0 N–H and O–H groups in total. The molecule has 0 aliphatic heterocycles. The van der Waals surface area contributed by atoms with Crippen LogP contribution < -0.4 is 0 Å². The monoisotopic (exact) mass is 339 g/mol. The standard InChI is InChI=1S/C13H16Cl3NO3/c1-4-8(2)6-17-7-9(11(18)13(14,15)16)5-10(17)12(19)20-3/h5,7-8H,4,6H2,1-3H3. The molecule has 0 bridgehead atoms. The molecule has 0 aromatic carbocycles. The Labute approximate surface area is 132 Å². The van der Waals surface area contributed by atoms with E-state index in [9.17, 15) is 9.59 Å². The summed E-state index contributed by atoms with van der Waals surface area (Å²) in [6.07, 6.45) is 2.45. The molecule has 4 nitrogen and oxygen atoms in total. The Morgan fingerprint density at radius 2 is 2.00 bits per heavy atom. The summed E-state index contributed by atoms with van der Waals surface area (Å²) in [6.45, 7) is 4.66. The maximum absolute atomic E-state index is 11.9. The van der Waals surface area contributed by atoms with E-state index in [0.29, 0.717) is 12.5 Å². The van der Waals surface area contributed by atoms with Gasteiger partial charge in [-0.2, -0.15) is 0 Å². The summed E-state index contributed by atoms with van der Waals surface area (Å²) in [7, 11) is 1.28. The van der Waals surface area contributed by atoms with Gasteiger partial charge < -0.3 is 9.30 Å². The highest BCUT2D eigenvalue weighted by Crippen LogP contribution is 2.31. The first kappa shape index (κ1) is 17.3. The van der Waals surface area contributed by atoms with Crippen molar-refractivity contribution in [1.82, 2.24) is 4.57 Å². The number of hydrogen-bond acceptors (Lipinski definition) is 3. The Morgan fingerprint density at radius 3 is 2.45 bits per heavy atom. The zero-order valence-corrected chi connectivity index (χ0v) is 13.7. The van der Waals surface area contributed by atoms with Gasteiger partial charge in [-0.1, -0.05) is 55.1 Å². The fourth-order valence-corrected chi connectivity index (χ4v) is 2.02. The van der Waals surface area contributed by atoms with Crippen LogP contribution in [0.4, 0.5) is 0 Å². The summed E-state index contributed by atoms with van der Waals surface area (Å²) in [4.78, 5) is 23.7.